The van der Waals surface area contributed by atoms with Crippen LogP contribution in [0.1, 0.15) is 16.7 Å². The first-order valence-electron chi connectivity index (χ1n) is 10.1. The van der Waals surface area contributed by atoms with Crippen LogP contribution in [0.15, 0.2) is 72.4 Å². The van der Waals surface area contributed by atoms with Crippen LogP contribution in [0, 0.1) is 18.3 Å². The zero-order valence-electron chi connectivity index (χ0n) is 17.6. The first-order chi connectivity index (χ1) is 15.9. The first-order valence-corrected chi connectivity index (χ1v) is 11.2. The molecule has 0 bridgehead atoms. The molecule has 0 atom stereocenters. The molecule has 4 nitrogen and oxygen atoms in total. The van der Waals surface area contributed by atoms with Crippen molar-refractivity contribution in [2.45, 2.75) is 13.5 Å². The summed E-state index contributed by atoms with van der Waals surface area (Å²) in [5, 5.41) is 14.9. The maximum absolute atomic E-state index is 12.8. The lowest BCUT2D eigenvalue weighted by Crippen LogP contribution is -2.14. The maximum Gasteiger partial charge on any atom is 0.266 e. The number of para-hydroxylation sites is 1. The fraction of sp³-hybridized carbons (Fsp3) is 0.0769. The van der Waals surface area contributed by atoms with Crippen LogP contribution in [0.5, 0.6) is 0 Å². The number of anilines is 1. The number of benzene rings is 3. The Morgan fingerprint density at radius 2 is 1.82 bits per heavy atom. The van der Waals surface area contributed by atoms with Crippen molar-refractivity contribution in [3.63, 3.8) is 0 Å². The summed E-state index contributed by atoms with van der Waals surface area (Å²) in [6.45, 7) is 2.37. The Kier molecular flexibility index (Phi) is 6.76. The Bertz CT molecular complexity index is 1450. The lowest BCUT2D eigenvalue weighted by atomic mass is 10.1. The van der Waals surface area contributed by atoms with Gasteiger partial charge >= 0.3 is 0 Å². The standard InChI is InChI=1S/C26H18Cl3N3O/c1-16-21(27)6-4-7-24(16)31-26(33)18(13-30)12-19-15-32(25-8-3-2-5-20(19)25)14-17-9-10-22(28)23(29)11-17/h2-12,15H,14H2,1H3,(H,31,33)/b18-12+. The first kappa shape index (κ1) is 22.9. The van der Waals surface area contributed by atoms with Crippen molar-refractivity contribution in [3.8, 4) is 6.07 Å². The molecule has 0 saturated heterocycles. The minimum absolute atomic E-state index is 0.00758. The molecule has 0 aliphatic rings. The predicted octanol–water partition coefficient (Wildman–Crippen LogP) is 7.50. The molecule has 1 heterocycles. The van der Waals surface area contributed by atoms with Crippen molar-refractivity contribution in [3.05, 3.63) is 104 Å². The number of rotatable bonds is 5. The molecule has 33 heavy (non-hydrogen) atoms. The van der Waals surface area contributed by atoms with E-state index in [-0.39, 0.29) is 5.57 Å². The van der Waals surface area contributed by atoms with E-state index in [9.17, 15) is 10.1 Å². The van der Waals surface area contributed by atoms with Crippen LogP contribution in [-0.2, 0) is 11.3 Å². The van der Waals surface area contributed by atoms with Gasteiger partial charge in [-0.3, -0.25) is 4.79 Å². The van der Waals surface area contributed by atoms with Crippen LogP contribution in [0.4, 0.5) is 5.69 Å². The van der Waals surface area contributed by atoms with Gasteiger partial charge in [0.1, 0.15) is 11.6 Å². The van der Waals surface area contributed by atoms with Crippen LogP contribution in [-0.4, -0.2) is 10.5 Å². The zero-order valence-corrected chi connectivity index (χ0v) is 19.8. The van der Waals surface area contributed by atoms with Gasteiger partial charge in [0.2, 0.25) is 0 Å². The van der Waals surface area contributed by atoms with Crippen LogP contribution >= 0.6 is 34.8 Å². The summed E-state index contributed by atoms with van der Waals surface area (Å²) >= 11 is 18.4. The topological polar surface area (TPSA) is 57.8 Å². The molecule has 0 fully saturated rings. The minimum atomic E-state index is -0.496. The Morgan fingerprint density at radius 1 is 1.03 bits per heavy atom. The molecule has 1 aromatic heterocycles. The number of nitriles is 1. The largest absolute Gasteiger partial charge is 0.342 e. The molecule has 1 amide bonds. The third kappa shape index (κ3) is 4.91. The molecule has 7 heteroatoms. The average Bonchev–Trinajstić information content (AvgIpc) is 3.15. The van der Waals surface area contributed by atoms with E-state index in [2.05, 4.69) is 9.88 Å². The summed E-state index contributed by atoms with van der Waals surface area (Å²) in [6.07, 6.45) is 3.52. The molecule has 3 aromatic carbocycles. The second-order valence-corrected chi connectivity index (χ2v) is 8.74. The van der Waals surface area contributed by atoms with Crippen LogP contribution < -0.4 is 5.32 Å². The number of aromatic nitrogens is 1. The number of nitrogens with one attached hydrogen (secondary N) is 1. The molecule has 0 radical (unpaired) electrons. The quantitative estimate of drug-likeness (QED) is 0.231. The highest BCUT2D eigenvalue weighted by molar-refractivity contribution is 6.42. The summed E-state index contributed by atoms with van der Waals surface area (Å²) in [4.78, 5) is 12.8. The summed E-state index contributed by atoms with van der Waals surface area (Å²) in [6, 6.07) is 20.6. The van der Waals surface area contributed by atoms with E-state index in [1.165, 1.54) is 0 Å². The number of fused-ring (bicyclic) bond motifs is 1. The summed E-state index contributed by atoms with van der Waals surface area (Å²) in [5.74, 6) is -0.496. The number of halogens is 3. The van der Waals surface area contributed by atoms with Crippen molar-refractivity contribution in [1.82, 2.24) is 4.57 Å². The van der Waals surface area contributed by atoms with Gasteiger partial charge < -0.3 is 9.88 Å². The number of carbonyl (C=O) groups excluding carboxylic acids is 1. The fourth-order valence-corrected chi connectivity index (χ4v) is 4.09. The molecule has 0 unspecified atom stereocenters. The van der Waals surface area contributed by atoms with E-state index < -0.39 is 5.91 Å². The Labute approximate surface area is 206 Å². The number of hydrogen-bond donors (Lipinski definition) is 1. The predicted molar refractivity (Wildman–Crippen MR) is 136 cm³/mol. The lowest BCUT2D eigenvalue weighted by molar-refractivity contribution is -0.112. The van der Waals surface area contributed by atoms with Gasteiger partial charge in [0, 0.05) is 39.9 Å². The summed E-state index contributed by atoms with van der Waals surface area (Å²) in [7, 11) is 0. The Balaban J connectivity index is 1.69. The molecular weight excluding hydrogens is 477 g/mol. The molecule has 0 aliphatic heterocycles. The van der Waals surface area contributed by atoms with E-state index in [4.69, 9.17) is 34.8 Å². The fourth-order valence-electron chi connectivity index (χ4n) is 3.59. The van der Waals surface area contributed by atoms with E-state index in [0.29, 0.717) is 27.3 Å². The van der Waals surface area contributed by atoms with Gasteiger partial charge in [0.25, 0.3) is 5.91 Å². The highest BCUT2D eigenvalue weighted by Gasteiger charge is 2.14. The van der Waals surface area contributed by atoms with Gasteiger partial charge in [-0.05, 0) is 54.5 Å². The van der Waals surface area contributed by atoms with E-state index in [0.717, 1.165) is 27.6 Å². The van der Waals surface area contributed by atoms with Crippen molar-refractivity contribution in [2.75, 3.05) is 5.32 Å². The highest BCUT2D eigenvalue weighted by atomic mass is 35.5. The van der Waals surface area contributed by atoms with E-state index in [1.54, 1.807) is 30.3 Å². The molecule has 4 rings (SSSR count). The average molecular weight is 495 g/mol. The molecular formula is C26H18Cl3N3O. The summed E-state index contributed by atoms with van der Waals surface area (Å²) < 4.78 is 2.05. The molecule has 164 valence electrons. The van der Waals surface area contributed by atoms with Gasteiger partial charge in [-0.2, -0.15) is 5.26 Å². The molecule has 1 N–H and O–H groups in total. The number of hydrogen-bond acceptors (Lipinski definition) is 2. The number of carbonyl (C=O) groups is 1. The Hall–Kier alpha value is -3.23. The van der Waals surface area contributed by atoms with Gasteiger partial charge in [-0.15, -0.1) is 0 Å². The smallest absolute Gasteiger partial charge is 0.266 e. The van der Waals surface area contributed by atoms with Crippen LogP contribution in [0.2, 0.25) is 15.1 Å². The second-order valence-electron chi connectivity index (χ2n) is 7.51. The van der Waals surface area contributed by atoms with Crippen molar-refractivity contribution < 1.29 is 4.79 Å². The van der Waals surface area contributed by atoms with Gasteiger partial charge in [0.05, 0.1) is 10.0 Å². The monoisotopic (exact) mass is 493 g/mol. The minimum Gasteiger partial charge on any atom is -0.342 e. The normalized spacial score (nSPS) is 11.4. The number of amides is 1. The zero-order chi connectivity index (χ0) is 23.5. The molecule has 0 saturated carbocycles. The third-order valence-corrected chi connectivity index (χ3v) is 6.49. The number of nitrogens with zero attached hydrogens (tertiary/aromatic N) is 2. The Morgan fingerprint density at radius 3 is 2.58 bits per heavy atom. The highest BCUT2D eigenvalue weighted by Crippen LogP contribution is 2.28. The van der Waals surface area contributed by atoms with Crippen molar-refractivity contribution in [1.29, 1.82) is 5.26 Å². The van der Waals surface area contributed by atoms with Gasteiger partial charge in [0.15, 0.2) is 0 Å². The van der Waals surface area contributed by atoms with Gasteiger partial charge in [-0.1, -0.05) is 65.1 Å². The molecule has 4 aromatic rings. The van der Waals surface area contributed by atoms with Crippen LogP contribution in [0.3, 0.4) is 0 Å². The molecule has 0 aliphatic carbocycles. The van der Waals surface area contributed by atoms with E-state index >= 15 is 0 Å². The van der Waals surface area contributed by atoms with Crippen molar-refractivity contribution >= 4 is 63.4 Å². The van der Waals surface area contributed by atoms with Crippen LogP contribution in [0.25, 0.3) is 17.0 Å². The lowest BCUT2D eigenvalue weighted by Gasteiger charge is -2.08. The summed E-state index contributed by atoms with van der Waals surface area (Å²) in [5.41, 5.74) is 4.01. The van der Waals surface area contributed by atoms with Gasteiger partial charge in [-0.25, -0.2) is 0 Å². The third-order valence-electron chi connectivity index (χ3n) is 5.34. The maximum atomic E-state index is 12.8. The SMILES string of the molecule is Cc1c(Cl)cccc1NC(=O)/C(C#N)=C/c1cn(Cc2ccc(Cl)c(Cl)c2)c2ccccc12. The van der Waals surface area contributed by atoms with Crippen molar-refractivity contribution in [2.24, 2.45) is 0 Å². The second kappa shape index (κ2) is 9.72. The van der Waals surface area contributed by atoms with E-state index in [1.807, 2.05) is 55.6 Å². The molecule has 0 spiro atoms.